The van der Waals surface area contributed by atoms with Crippen molar-refractivity contribution in [3.8, 4) is 5.92 Å². The Balaban J connectivity index is 0.00000162. The first-order valence-electron chi connectivity index (χ1n) is 6.36. The van der Waals surface area contributed by atoms with Gasteiger partial charge >= 0.3 is 0 Å². The van der Waals surface area contributed by atoms with Crippen LogP contribution in [0.2, 0.25) is 0 Å². The van der Waals surface area contributed by atoms with Crippen molar-refractivity contribution < 1.29 is 37.8 Å². The molecule has 1 aliphatic carbocycles. The van der Waals surface area contributed by atoms with E-state index in [1.54, 1.807) is 0 Å². The van der Waals surface area contributed by atoms with Gasteiger partial charge in [-0.1, -0.05) is 37.3 Å². The fourth-order valence-corrected chi connectivity index (χ4v) is 2.99. The summed E-state index contributed by atoms with van der Waals surface area (Å²) in [4.78, 5) is 0. The number of hydrogen-bond acceptors (Lipinski definition) is 1. The van der Waals surface area contributed by atoms with Crippen LogP contribution in [0, 0.1) is 30.1 Å². The van der Waals surface area contributed by atoms with Crippen molar-refractivity contribution in [2.75, 3.05) is 0 Å². The van der Waals surface area contributed by atoms with Crippen LogP contribution < -0.4 is 0 Å². The SMILES string of the molecule is [C-]#C[C@@H]1[C@@H](CCc2ccccc2)[C@@H](C)C[C@H]1O.[Y]. The van der Waals surface area contributed by atoms with Gasteiger partial charge in [0.25, 0.3) is 0 Å². The largest absolute Gasteiger partial charge is 0.693 e. The Hall–Kier alpha value is -0.156. The summed E-state index contributed by atoms with van der Waals surface area (Å²) in [5.41, 5.74) is 1.34. The summed E-state index contributed by atoms with van der Waals surface area (Å²) in [5, 5.41) is 9.84. The molecule has 1 aromatic carbocycles. The maximum atomic E-state index is 9.84. The van der Waals surface area contributed by atoms with E-state index in [1.807, 2.05) is 6.07 Å². The van der Waals surface area contributed by atoms with Gasteiger partial charge in [-0.15, -0.1) is 0 Å². The molecule has 0 amide bonds. The second kappa shape index (κ2) is 7.44. The van der Waals surface area contributed by atoms with E-state index in [0.717, 1.165) is 19.3 Å². The molecule has 1 aliphatic rings. The van der Waals surface area contributed by atoms with Gasteiger partial charge in [-0.25, -0.2) is 0 Å². The molecule has 0 aliphatic heterocycles. The molecular weight excluding hydrogens is 297 g/mol. The first-order valence-corrected chi connectivity index (χ1v) is 6.36. The van der Waals surface area contributed by atoms with E-state index in [-0.39, 0.29) is 44.7 Å². The molecule has 0 unspecified atom stereocenters. The normalized spacial score (nSPS) is 30.5. The van der Waals surface area contributed by atoms with Crippen molar-refractivity contribution in [1.82, 2.24) is 0 Å². The maximum absolute atomic E-state index is 9.84. The molecule has 1 N–H and O–H groups in total. The molecule has 4 atom stereocenters. The maximum Gasteiger partial charge on any atom is 0.0651 e. The van der Waals surface area contributed by atoms with Crippen LogP contribution in [-0.4, -0.2) is 11.2 Å². The average Bonchev–Trinajstić information content (AvgIpc) is 2.62. The van der Waals surface area contributed by atoms with E-state index in [1.165, 1.54) is 5.56 Å². The molecule has 1 saturated carbocycles. The fraction of sp³-hybridized carbons (Fsp3) is 0.500. The quantitative estimate of drug-likeness (QED) is 0.672. The van der Waals surface area contributed by atoms with Gasteiger partial charge in [0.1, 0.15) is 0 Å². The van der Waals surface area contributed by atoms with Gasteiger partial charge in [-0.05, 0) is 36.7 Å². The molecule has 0 bridgehead atoms. The Bertz CT molecular complexity index is 395. The Labute approximate surface area is 135 Å². The van der Waals surface area contributed by atoms with E-state index in [2.05, 4.69) is 37.1 Å². The molecule has 1 aromatic rings. The standard InChI is InChI=1S/C16H19O.Y/c1-3-14-15(12(2)11-16(14)17)10-9-13-7-5-4-6-8-13;/h4-8,12,14-17H,9-11H2,2H3;/q-1;/t12-,14+,15-,16+;/m0./s1. The zero-order chi connectivity index (χ0) is 12.3. The molecular formula is C16H19OY-. The molecule has 0 aromatic heterocycles. The van der Waals surface area contributed by atoms with Crippen molar-refractivity contribution in [3.05, 3.63) is 42.3 Å². The van der Waals surface area contributed by atoms with Crippen molar-refractivity contribution in [2.24, 2.45) is 17.8 Å². The van der Waals surface area contributed by atoms with Crippen molar-refractivity contribution in [1.29, 1.82) is 0 Å². The predicted octanol–water partition coefficient (Wildman–Crippen LogP) is 2.84. The van der Waals surface area contributed by atoms with E-state index < -0.39 is 0 Å². The third-order valence-corrected chi connectivity index (χ3v) is 4.00. The molecule has 1 nitrogen and oxygen atoms in total. The average molecular weight is 316 g/mol. The molecule has 0 spiro atoms. The molecule has 0 heterocycles. The Kier molecular flexibility index (Phi) is 6.57. The van der Waals surface area contributed by atoms with Crippen LogP contribution in [0.4, 0.5) is 0 Å². The number of aryl methyl sites for hydroxylation is 1. The molecule has 0 saturated heterocycles. The summed E-state index contributed by atoms with van der Waals surface area (Å²) in [6.07, 6.45) is 9.85. The zero-order valence-electron chi connectivity index (χ0n) is 10.8. The van der Waals surface area contributed by atoms with Gasteiger partial charge < -0.3 is 17.5 Å². The molecule has 1 fully saturated rings. The van der Waals surface area contributed by atoms with Crippen molar-refractivity contribution >= 4 is 0 Å². The summed E-state index contributed by atoms with van der Waals surface area (Å²) in [6, 6.07) is 10.4. The second-order valence-electron chi connectivity index (χ2n) is 5.14. The van der Waals surface area contributed by atoms with Crippen LogP contribution in [-0.2, 0) is 39.1 Å². The monoisotopic (exact) mass is 316 g/mol. The fourth-order valence-electron chi connectivity index (χ4n) is 2.99. The number of aliphatic hydroxyl groups is 1. The third-order valence-electron chi connectivity index (χ3n) is 4.00. The summed E-state index contributed by atoms with van der Waals surface area (Å²) in [6.45, 7) is 2.18. The first-order chi connectivity index (χ1) is 8.22. The minimum atomic E-state index is -0.358. The second-order valence-corrected chi connectivity index (χ2v) is 5.14. The smallest absolute Gasteiger partial charge is 0.0651 e. The Morgan fingerprint density at radius 1 is 1.33 bits per heavy atom. The Morgan fingerprint density at radius 3 is 2.61 bits per heavy atom. The van der Waals surface area contributed by atoms with Crippen molar-refractivity contribution in [2.45, 2.75) is 32.3 Å². The van der Waals surface area contributed by atoms with Crippen LogP contribution in [0.25, 0.3) is 0 Å². The predicted molar refractivity (Wildman–Crippen MR) is 68.7 cm³/mol. The van der Waals surface area contributed by atoms with Crippen LogP contribution in [0.15, 0.2) is 30.3 Å². The van der Waals surface area contributed by atoms with Gasteiger partial charge in [0, 0.05) is 38.6 Å². The molecule has 93 valence electrons. The van der Waals surface area contributed by atoms with Gasteiger partial charge in [-0.2, -0.15) is 0 Å². The molecule has 18 heavy (non-hydrogen) atoms. The van der Waals surface area contributed by atoms with E-state index in [9.17, 15) is 5.11 Å². The number of rotatable bonds is 3. The van der Waals surface area contributed by atoms with Gasteiger partial charge in [-0.3, -0.25) is 0 Å². The van der Waals surface area contributed by atoms with E-state index >= 15 is 0 Å². The summed E-state index contributed by atoms with van der Waals surface area (Å²) < 4.78 is 0. The van der Waals surface area contributed by atoms with E-state index in [4.69, 9.17) is 6.42 Å². The summed E-state index contributed by atoms with van der Waals surface area (Å²) >= 11 is 0. The number of hydrogen-bond donors (Lipinski definition) is 1. The molecule has 2 heteroatoms. The number of aliphatic hydroxyl groups excluding tert-OH is 1. The molecule has 2 rings (SSSR count). The number of benzene rings is 1. The summed E-state index contributed by atoms with van der Waals surface area (Å²) in [5.74, 6) is 3.37. The molecule has 1 radical (unpaired) electrons. The first kappa shape index (κ1) is 15.9. The van der Waals surface area contributed by atoms with Crippen molar-refractivity contribution in [3.63, 3.8) is 0 Å². The third kappa shape index (κ3) is 3.67. The van der Waals surface area contributed by atoms with E-state index in [0.29, 0.717) is 11.8 Å². The minimum Gasteiger partial charge on any atom is -0.693 e. The topological polar surface area (TPSA) is 20.2 Å². The van der Waals surface area contributed by atoms with Crippen LogP contribution in [0.3, 0.4) is 0 Å². The minimum absolute atomic E-state index is 0. The summed E-state index contributed by atoms with van der Waals surface area (Å²) in [7, 11) is 0. The van der Waals surface area contributed by atoms with Gasteiger partial charge in [0.05, 0.1) is 6.10 Å². The van der Waals surface area contributed by atoms with Crippen LogP contribution in [0.1, 0.15) is 25.3 Å². The van der Waals surface area contributed by atoms with Crippen LogP contribution in [0.5, 0.6) is 0 Å². The van der Waals surface area contributed by atoms with Gasteiger partial charge in [0.2, 0.25) is 0 Å². The Morgan fingerprint density at radius 2 is 2.00 bits per heavy atom. The zero-order valence-corrected chi connectivity index (χ0v) is 13.7. The van der Waals surface area contributed by atoms with Gasteiger partial charge in [0.15, 0.2) is 0 Å². The van der Waals surface area contributed by atoms with Crippen LogP contribution >= 0.6 is 0 Å².